The second-order valence-electron chi connectivity index (χ2n) is 10.9. The van der Waals surface area contributed by atoms with Crippen molar-refractivity contribution in [2.24, 2.45) is 46.3 Å². The van der Waals surface area contributed by atoms with Gasteiger partial charge in [0.25, 0.3) is 0 Å². The summed E-state index contributed by atoms with van der Waals surface area (Å²) < 4.78 is 0. The summed E-state index contributed by atoms with van der Waals surface area (Å²) in [4.78, 5) is 0. The summed E-state index contributed by atoms with van der Waals surface area (Å²) in [6, 6.07) is 0. The molecule has 0 aromatic heterocycles. The van der Waals surface area contributed by atoms with Crippen molar-refractivity contribution in [3.63, 3.8) is 0 Å². The highest BCUT2D eigenvalue weighted by Crippen LogP contribution is 2.68. The fraction of sp³-hybridized carbons (Fsp3) is 1.00. The molecule has 4 saturated carbocycles. The first-order chi connectivity index (χ1) is 11.5. The highest BCUT2D eigenvalue weighted by molar-refractivity contribution is 5.09. The molecule has 0 bridgehead atoms. The minimum Gasteiger partial charge on any atom is -0.0654 e. The summed E-state index contributed by atoms with van der Waals surface area (Å²) in [6.07, 6.45) is 18.4. The van der Waals surface area contributed by atoms with Gasteiger partial charge in [-0.25, -0.2) is 0 Å². The van der Waals surface area contributed by atoms with Crippen LogP contribution >= 0.6 is 0 Å². The molecular weight excluding hydrogens is 288 g/mol. The van der Waals surface area contributed by atoms with Crippen LogP contribution in [0.4, 0.5) is 0 Å². The minimum atomic E-state index is 0.688. The van der Waals surface area contributed by atoms with Crippen LogP contribution in [0.2, 0.25) is 0 Å². The molecule has 4 fully saturated rings. The Morgan fingerprint density at radius 1 is 0.833 bits per heavy atom. The molecule has 0 aromatic rings. The predicted octanol–water partition coefficient (Wildman–Crippen LogP) is 7.47. The molecule has 0 nitrogen and oxygen atoms in total. The van der Waals surface area contributed by atoms with Crippen molar-refractivity contribution in [3.05, 3.63) is 0 Å². The molecule has 4 rings (SSSR count). The molecule has 0 heterocycles. The van der Waals surface area contributed by atoms with Gasteiger partial charge in [0, 0.05) is 0 Å². The van der Waals surface area contributed by atoms with E-state index in [1.54, 1.807) is 51.4 Å². The second-order valence-corrected chi connectivity index (χ2v) is 10.9. The van der Waals surface area contributed by atoms with Gasteiger partial charge in [0.2, 0.25) is 0 Å². The fourth-order valence-corrected chi connectivity index (χ4v) is 8.93. The third-order valence-electron chi connectivity index (χ3n) is 10.1. The van der Waals surface area contributed by atoms with E-state index in [4.69, 9.17) is 0 Å². The topological polar surface area (TPSA) is 0 Å². The van der Waals surface area contributed by atoms with Crippen LogP contribution in [0.3, 0.4) is 0 Å². The van der Waals surface area contributed by atoms with E-state index < -0.39 is 0 Å². The van der Waals surface area contributed by atoms with E-state index in [-0.39, 0.29) is 0 Å². The van der Waals surface area contributed by atoms with Crippen molar-refractivity contribution >= 4 is 0 Å². The summed E-state index contributed by atoms with van der Waals surface area (Å²) in [5.41, 5.74) is 1.41. The van der Waals surface area contributed by atoms with Gasteiger partial charge < -0.3 is 0 Å². The van der Waals surface area contributed by atoms with E-state index in [1.165, 1.54) is 25.7 Å². The van der Waals surface area contributed by atoms with Gasteiger partial charge in [0.15, 0.2) is 0 Å². The highest BCUT2D eigenvalue weighted by atomic mass is 14.6. The molecule has 4 aliphatic rings. The number of fused-ring (bicyclic) bond motifs is 5. The van der Waals surface area contributed by atoms with Crippen LogP contribution in [-0.4, -0.2) is 0 Å². The van der Waals surface area contributed by atoms with Gasteiger partial charge in [0.05, 0.1) is 0 Å². The molecule has 0 aromatic carbocycles. The lowest BCUT2D eigenvalue weighted by atomic mass is 9.44. The van der Waals surface area contributed by atoms with Gasteiger partial charge in [-0.2, -0.15) is 0 Å². The molecular formula is C24H42. The van der Waals surface area contributed by atoms with Crippen LogP contribution in [-0.2, 0) is 0 Å². The highest BCUT2D eigenvalue weighted by Gasteiger charge is 2.59. The maximum absolute atomic E-state index is 2.73. The molecule has 0 aliphatic heterocycles. The Labute approximate surface area is 151 Å². The smallest absolute Gasteiger partial charge is 0.0264 e. The fourth-order valence-electron chi connectivity index (χ4n) is 8.93. The first kappa shape index (κ1) is 17.4. The van der Waals surface area contributed by atoms with E-state index in [9.17, 15) is 0 Å². The minimum absolute atomic E-state index is 0.688. The van der Waals surface area contributed by atoms with E-state index in [2.05, 4.69) is 27.7 Å². The Morgan fingerprint density at radius 3 is 2.42 bits per heavy atom. The van der Waals surface area contributed by atoms with Gasteiger partial charge in [-0.1, -0.05) is 53.4 Å². The molecule has 138 valence electrons. The first-order valence-corrected chi connectivity index (χ1v) is 11.5. The molecule has 0 amide bonds. The molecule has 0 saturated heterocycles. The number of hydrogen-bond acceptors (Lipinski definition) is 0. The van der Waals surface area contributed by atoms with E-state index >= 15 is 0 Å². The van der Waals surface area contributed by atoms with Crippen LogP contribution < -0.4 is 0 Å². The van der Waals surface area contributed by atoms with Crippen molar-refractivity contribution in [1.82, 2.24) is 0 Å². The first-order valence-electron chi connectivity index (χ1n) is 11.5. The monoisotopic (exact) mass is 330 g/mol. The lowest BCUT2D eigenvalue weighted by Crippen LogP contribution is -2.53. The van der Waals surface area contributed by atoms with Crippen LogP contribution in [0.5, 0.6) is 0 Å². The Morgan fingerprint density at radius 2 is 1.62 bits per heavy atom. The quantitative estimate of drug-likeness (QED) is 0.503. The maximum atomic E-state index is 2.73. The Balaban J connectivity index is 1.57. The second kappa shape index (κ2) is 6.31. The lowest BCUT2D eigenvalue weighted by Gasteiger charge is -2.61. The normalized spacial score (nSPS) is 52.2. The van der Waals surface area contributed by atoms with Gasteiger partial charge in [-0.15, -0.1) is 0 Å². The molecule has 0 spiro atoms. The summed E-state index contributed by atoms with van der Waals surface area (Å²) >= 11 is 0. The Kier molecular flexibility index (Phi) is 4.58. The summed E-state index contributed by atoms with van der Waals surface area (Å²) in [5.74, 6) is 6.30. The van der Waals surface area contributed by atoms with Crippen molar-refractivity contribution in [1.29, 1.82) is 0 Å². The van der Waals surface area contributed by atoms with Crippen molar-refractivity contribution in [2.45, 2.75) is 105 Å². The number of hydrogen-bond donors (Lipinski definition) is 0. The molecule has 2 unspecified atom stereocenters. The largest absolute Gasteiger partial charge is 0.0654 e. The third kappa shape index (κ3) is 2.44. The Hall–Kier alpha value is 0. The SMILES string of the molecule is CCCC(C)[C@H]1CC[C@H]2[C@@H]3CCC4CCCC[C@]4(C)[C@H]3CC[C@]12C. The van der Waals surface area contributed by atoms with Crippen LogP contribution in [0, 0.1) is 46.3 Å². The van der Waals surface area contributed by atoms with Gasteiger partial charge in [0.1, 0.15) is 0 Å². The summed E-state index contributed by atoms with van der Waals surface area (Å²) in [6.45, 7) is 10.4. The van der Waals surface area contributed by atoms with E-state index in [0.29, 0.717) is 5.41 Å². The molecule has 24 heavy (non-hydrogen) atoms. The zero-order valence-electron chi connectivity index (χ0n) is 16.9. The van der Waals surface area contributed by atoms with Gasteiger partial charge in [-0.3, -0.25) is 0 Å². The zero-order valence-corrected chi connectivity index (χ0v) is 16.9. The molecule has 0 N–H and O–H groups in total. The average molecular weight is 331 g/mol. The summed E-state index contributed by atoms with van der Waals surface area (Å²) in [7, 11) is 0. The van der Waals surface area contributed by atoms with Gasteiger partial charge >= 0.3 is 0 Å². The standard InChI is InChI=1S/C24H42/c1-5-8-17(2)20-12-13-21-19-11-10-18-9-6-7-15-23(18,3)22(19)14-16-24(20,21)4/h17-22H,5-16H2,1-4H3/t17?,18?,19-,20+,21-,22-,23-,24+/m0/s1. The maximum Gasteiger partial charge on any atom is -0.0264 e. The summed E-state index contributed by atoms with van der Waals surface area (Å²) in [5, 5.41) is 0. The lowest BCUT2D eigenvalue weighted by molar-refractivity contribution is -0.114. The average Bonchev–Trinajstić information content (AvgIpc) is 2.92. The van der Waals surface area contributed by atoms with E-state index in [1.807, 2.05) is 0 Å². The van der Waals surface area contributed by atoms with Crippen LogP contribution in [0.15, 0.2) is 0 Å². The Bertz CT molecular complexity index is 453. The van der Waals surface area contributed by atoms with Crippen molar-refractivity contribution < 1.29 is 0 Å². The van der Waals surface area contributed by atoms with Crippen molar-refractivity contribution in [2.75, 3.05) is 0 Å². The third-order valence-corrected chi connectivity index (χ3v) is 10.1. The number of rotatable bonds is 3. The zero-order chi connectivity index (χ0) is 16.9. The van der Waals surface area contributed by atoms with E-state index in [0.717, 1.165) is 40.9 Å². The van der Waals surface area contributed by atoms with Crippen LogP contribution in [0.25, 0.3) is 0 Å². The van der Waals surface area contributed by atoms with Crippen molar-refractivity contribution in [3.8, 4) is 0 Å². The molecule has 0 radical (unpaired) electrons. The predicted molar refractivity (Wildman–Crippen MR) is 104 cm³/mol. The molecule has 0 heteroatoms. The molecule has 8 atom stereocenters. The van der Waals surface area contributed by atoms with Gasteiger partial charge in [-0.05, 0) is 97.7 Å². The molecule has 4 aliphatic carbocycles. The van der Waals surface area contributed by atoms with Crippen LogP contribution in [0.1, 0.15) is 105 Å².